The Morgan fingerprint density at radius 3 is 2.72 bits per heavy atom. The molecule has 2 aromatic rings. The summed E-state index contributed by atoms with van der Waals surface area (Å²) >= 11 is 1.71. The van der Waals surface area contributed by atoms with Crippen LogP contribution in [0.5, 0.6) is 0 Å². The number of aliphatic hydroxyl groups is 1. The molecule has 1 atom stereocenters. The van der Waals surface area contributed by atoms with Crippen LogP contribution in [0.3, 0.4) is 0 Å². The fourth-order valence-corrected chi connectivity index (χ4v) is 2.66. The van der Waals surface area contributed by atoms with Crippen LogP contribution in [0.2, 0.25) is 0 Å². The topological polar surface area (TPSA) is 45.2 Å². The minimum atomic E-state index is 0.189. The highest BCUT2D eigenvalue weighted by molar-refractivity contribution is 7.11. The zero-order valence-corrected chi connectivity index (χ0v) is 11.3. The monoisotopic (exact) mass is 262 g/mol. The molecule has 0 saturated heterocycles. The zero-order valence-electron chi connectivity index (χ0n) is 10.5. The van der Waals surface area contributed by atoms with E-state index in [4.69, 9.17) is 5.11 Å². The van der Waals surface area contributed by atoms with Crippen LogP contribution in [0.1, 0.15) is 27.9 Å². The Balaban J connectivity index is 1.98. The average Bonchev–Trinajstić information content (AvgIpc) is 2.81. The third-order valence-corrected chi connectivity index (χ3v) is 3.72. The summed E-state index contributed by atoms with van der Waals surface area (Å²) < 4.78 is 0. The number of rotatable bonds is 6. The van der Waals surface area contributed by atoms with Crippen molar-refractivity contribution in [3.8, 4) is 0 Å². The lowest BCUT2D eigenvalue weighted by Crippen LogP contribution is -2.21. The largest absolute Gasteiger partial charge is 0.396 e. The number of thiazole rings is 1. The van der Waals surface area contributed by atoms with Gasteiger partial charge in [0.1, 0.15) is 0 Å². The van der Waals surface area contributed by atoms with Crippen LogP contribution in [0, 0.1) is 6.92 Å². The molecule has 0 spiro atoms. The smallest absolute Gasteiger partial charge is 0.0897 e. The van der Waals surface area contributed by atoms with Crippen LogP contribution in [0.15, 0.2) is 36.5 Å². The molecule has 0 radical (unpaired) electrons. The molecule has 0 aliphatic heterocycles. The fraction of sp³-hybridized carbons (Fsp3) is 0.357. The van der Waals surface area contributed by atoms with E-state index in [1.165, 1.54) is 10.4 Å². The first kappa shape index (κ1) is 13.2. The number of aromatic nitrogens is 1. The normalized spacial score (nSPS) is 12.6. The molecule has 3 nitrogen and oxygen atoms in total. The van der Waals surface area contributed by atoms with E-state index in [0.717, 1.165) is 18.0 Å². The van der Waals surface area contributed by atoms with E-state index in [2.05, 4.69) is 22.4 Å². The van der Waals surface area contributed by atoms with Crippen molar-refractivity contribution in [1.82, 2.24) is 10.3 Å². The Hall–Kier alpha value is -1.23. The molecule has 96 valence electrons. The summed E-state index contributed by atoms with van der Waals surface area (Å²) in [5, 5.41) is 13.7. The molecule has 1 aromatic carbocycles. The van der Waals surface area contributed by atoms with Crippen molar-refractivity contribution in [3.05, 3.63) is 52.0 Å². The summed E-state index contributed by atoms with van der Waals surface area (Å²) in [6.07, 6.45) is 2.63. The first-order valence-electron chi connectivity index (χ1n) is 6.10. The molecule has 1 heterocycles. The number of aliphatic hydroxyl groups excluding tert-OH is 1. The quantitative estimate of drug-likeness (QED) is 0.841. The molecular formula is C14H18N2OS. The number of benzene rings is 1. The fourth-order valence-electron chi connectivity index (χ4n) is 1.91. The molecule has 0 fully saturated rings. The van der Waals surface area contributed by atoms with E-state index in [-0.39, 0.29) is 12.6 Å². The van der Waals surface area contributed by atoms with E-state index in [9.17, 15) is 0 Å². The number of hydrogen-bond acceptors (Lipinski definition) is 4. The number of nitrogens with one attached hydrogen (secondary N) is 1. The maximum Gasteiger partial charge on any atom is 0.0897 e. The van der Waals surface area contributed by atoms with Crippen molar-refractivity contribution in [2.75, 3.05) is 6.61 Å². The molecule has 0 saturated carbocycles. The van der Waals surface area contributed by atoms with Crippen LogP contribution in [0.25, 0.3) is 0 Å². The molecule has 4 heteroatoms. The first-order chi connectivity index (χ1) is 8.79. The van der Waals surface area contributed by atoms with E-state index in [1.54, 1.807) is 11.3 Å². The summed E-state index contributed by atoms with van der Waals surface area (Å²) in [5.41, 5.74) is 1.22. The molecule has 1 aromatic heterocycles. The van der Waals surface area contributed by atoms with Crippen molar-refractivity contribution in [2.45, 2.75) is 25.9 Å². The lowest BCUT2D eigenvalue weighted by atomic mass is 10.0. The molecule has 0 amide bonds. The Morgan fingerprint density at radius 2 is 2.11 bits per heavy atom. The minimum absolute atomic E-state index is 0.189. The zero-order chi connectivity index (χ0) is 12.8. The van der Waals surface area contributed by atoms with Gasteiger partial charge in [-0.25, -0.2) is 4.98 Å². The lowest BCUT2D eigenvalue weighted by Gasteiger charge is -2.17. The van der Waals surface area contributed by atoms with Gasteiger partial charge in [-0.05, 0) is 18.9 Å². The SMILES string of the molecule is Cc1ncc(CN[C@H](CCO)c2ccccc2)s1. The van der Waals surface area contributed by atoms with Gasteiger partial charge in [0, 0.05) is 30.3 Å². The molecule has 0 bridgehead atoms. The van der Waals surface area contributed by atoms with Crippen molar-refractivity contribution >= 4 is 11.3 Å². The summed E-state index contributed by atoms with van der Waals surface area (Å²) in [7, 11) is 0. The van der Waals surface area contributed by atoms with E-state index >= 15 is 0 Å². The first-order valence-corrected chi connectivity index (χ1v) is 6.91. The van der Waals surface area contributed by atoms with E-state index in [0.29, 0.717) is 0 Å². The van der Waals surface area contributed by atoms with Crippen molar-refractivity contribution in [1.29, 1.82) is 0 Å². The Labute approximate surface area is 112 Å². The highest BCUT2D eigenvalue weighted by Gasteiger charge is 2.10. The van der Waals surface area contributed by atoms with Crippen LogP contribution >= 0.6 is 11.3 Å². The molecule has 2 N–H and O–H groups in total. The second-order valence-corrected chi connectivity index (χ2v) is 5.52. The van der Waals surface area contributed by atoms with Gasteiger partial charge >= 0.3 is 0 Å². The van der Waals surface area contributed by atoms with Gasteiger partial charge in [0.05, 0.1) is 5.01 Å². The maximum absolute atomic E-state index is 9.15. The molecule has 0 aliphatic carbocycles. The number of aryl methyl sites for hydroxylation is 1. The van der Waals surface area contributed by atoms with Crippen LogP contribution < -0.4 is 5.32 Å². The Bertz CT molecular complexity index is 470. The second kappa shape index (κ2) is 6.64. The number of hydrogen-bond donors (Lipinski definition) is 2. The van der Waals surface area contributed by atoms with Crippen LogP contribution in [0.4, 0.5) is 0 Å². The van der Waals surface area contributed by atoms with E-state index in [1.807, 2.05) is 31.3 Å². The van der Waals surface area contributed by atoms with Crippen LogP contribution in [-0.4, -0.2) is 16.7 Å². The second-order valence-electron chi connectivity index (χ2n) is 4.20. The minimum Gasteiger partial charge on any atom is -0.396 e. The third-order valence-electron chi connectivity index (χ3n) is 2.81. The molecular weight excluding hydrogens is 244 g/mol. The molecule has 2 rings (SSSR count). The van der Waals surface area contributed by atoms with Gasteiger partial charge in [0.25, 0.3) is 0 Å². The highest BCUT2D eigenvalue weighted by Crippen LogP contribution is 2.18. The van der Waals surface area contributed by atoms with Gasteiger partial charge in [-0.3, -0.25) is 0 Å². The van der Waals surface area contributed by atoms with Crippen molar-refractivity contribution < 1.29 is 5.11 Å². The Morgan fingerprint density at radius 1 is 1.33 bits per heavy atom. The Kier molecular flexibility index (Phi) is 4.87. The van der Waals surface area contributed by atoms with E-state index < -0.39 is 0 Å². The predicted octanol–water partition coefficient (Wildman–Crippen LogP) is 2.66. The maximum atomic E-state index is 9.15. The van der Waals surface area contributed by atoms with Gasteiger partial charge in [-0.15, -0.1) is 11.3 Å². The van der Waals surface area contributed by atoms with Crippen LogP contribution in [-0.2, 0) is 6.54 Å². The average molecular weight is 262 g/mol. The highest BCUT2D eigenvalue weighted by atomic mass is 32.1. The summed E-state index contributed by atoms with van der Waals surface area (Å²) in [6.45, 7) is 3.00. The molecule has 18 heavy (non-hydrogen) atoms. The van der Waals surface area contributed by atoms with Crippen molar-refractivity contribution in [3.63, 3.8) is 0 Å². The van der Waals surface area contributed by atoms with Gasteiger partial charge in [0.15, 0.2) is 0 Å². The van der Waals surface area contributed by atoms with Gasteiger partial charge in [-0.2, -0.15) is 0 Å². The summed E-state index contributed by atoms with van der Waals surface area (Å²) in [4.78, 5) is 5.47. The molecule has 0 aliphatic rings. The standard InChI is InChI=1S/C14H18N2OS/c1-11-15-9-13(18-11)10-16-14(7-8-17)12-5-3-2-4-6-12/h2-6,9,14,16-17H,7-8,10H2,1H3/t14-/m1/s1. The van der Waals surface area contributed by atoms with Crippen molar-refractivity contribution in [2.24, 2.45) is 0 Å². The predicted molar refractivity (Wildman–Crippen MR) is 74.6 cm³/mol. The number of nitrogens with zero attached hydrogens (tertiary/aromatic N) is 1. The summed E-state index contributed by atoms with van der Waals surface area (Å²) in [5.74, 6) is 0. The van der Waals surface area contributed by atoms with Gasteiger partial charge in [0.2, 0.25) is 0 Å². The van der Waals surface area contributed by atoms with Gasteiger partial charge in [-0.1, -0.05) is 30.3 Å². The lowest BCUT2D eigenvalue weighted by molar-refractivity contribution is 0.265. The van der Waals surface area contributed by atoms with Gasteiger partial charge < -0.3 is 10.4 Å². The summed E-state index contributed by atoms with van der Waals surface area (Å²) in [6, 6.07) is 10.4. The third kappa shape index (κ3) is 3.63. The molecule has 0 unspecified atom stereocenters.